The Morgan fingerprint density at radius 1 is 1.25 bits per heavy atom. The van der Waals surface area contributed by atoms with Crippen LogP contribution in [0.15, 0.2) is 30.6 Å². The van der Waals surface area contributed by atoms with Gasteiger partial charge in [-0.25, -0.2) is 4.98 Å². The lowest BCUT2D eigenvalue weighted by atomic mass is 9.90. The summed E-state index contributed by atoms with van der Waals surface area (Å²) in [6.45, 7) is 9.64. The van der Waals surface area contributed by atoms with Crippen molar-refractivity contribution in [2.24, 2.45) is 12.5 Å². The lowest BCUT2D eigenvalue weighted by Crippen LogP contribution is -2.26. The van der Waals surface area contributed by atoms with E-state index in [1.807, 2.05) is 11.6 Å². The largest absolute Gasteiger partial charge is 0.491 e. The summed E-state index contributed by atoms with van der Waals surface area (Å²) in [5, 5.41) is 8.43. The molecule has 1 unspecified atom stereocenters. The van der Waals surface area contributed by atoms with Gasteiger partial charge in [0.15, 0.2) is 23.0 Å². The molecule has 0 aromatic carbocycles. The van der Waals surface area contributed by atoms with Crippen LogP contribution in [0.2, 0.25) is 0 Å². The van der Waals surface area contributed by atoms with Gasteiger partial charge in [0.25, 0.3) is 0 Å². The molecule has 1 aliphatic carbocycles. The Balaban J connectivity index is 1.33. The highest BCUT2D eigenvalue weighted by molar-refractivity contribution is 5.84. The first-order chi connectivity index (χ1) is 19.1. The zero-order valence-corrected chi connectivity index (χ0v) is 23.8. The summed E-state index contributed by atoms with van der Waals surface area (Å²) in [6.07, 6.45) is 5.81. The van der Waals surface area contributed by atoms with E-state index in [2.05, 4.69) is 46.8 Å². The summed E-state index contributed by atoms with van der Waals surface area (Å²) in [4.78, 5) is 25.1. The normalized spacial score (nSPS) is 17.9. The highest BCUT2D eigenvalue weighted by atomic mass is 16.5. The Kier molecular flexibility index (Phi) is 6.29. The van der Waals surface area contributed by atoms with Gasteiger partial charge >= 0.3 is 0 Å². The second-order valence-electron chi connectivity index (χ2n) is 11.9. The molecule has 0 amide bonds. The molecule has 2 aliphatic rings. The Hall–Kier alpha value is -3.99. The standard InChI is InChI=1S/C29H35N7O4/c1-17(37)11-18-12-19(7-10-30-18)40-20-14-31-26-24(25(20)38-6)35(5)27(33-26)32-23-13-21(28(2,3)4)36(34-23)22-15-39-16-29(22)8-9-29/h7,10,12-14,22H,8-9,11,15-16H2,1-6H3,(H,31,32,33,34). The van der Waals surface area contributed by atoms with E-state index in [4.69, 9.17) is 24.3 Å². The number of hydrogen-bond donors (Lipinski definition) is 1. The van der Waals surface area contributed by atoms with Crippen molar-refractivity contribution in [2.75, 3.05) is 25.6 Å². The molecule has 0 radical (unpaired) electrons. The minimum atomic E-state index is -0.0911. The number of methoxy groups -OCH3 is 1. The van der Waals surface area contributed by atoms with Crippen LogP contribution in [-0.2, 0) is 28.4 Å². The topological polar surface area (TPSA) is 118 Å². The zero-order valence-electron chi connectivity index (χ0n) is 23.8. The van der Waals surface area contributed by atoms with Gasteiger partial charge in [0.05, 0.1) is 38.3 Å². The van der Waals surface area contributed by atoms with Crippen molar-refractivity contribution in [3.8, 4) is 17.2 Å². The average Bonchev–Trinajstić information content (AvgIpc) is 3.20. The lowest BCUT2D eigenvalue weighted by Gasteiger charge is -2.25. The first-order valence-corrected chi connectivity index (χ1v) is 13.5. The van der Waals surface area contributed by atoms with Gasteiger partial charge in [-0.2, -0.15) is 10.1 Å². The van der Waals surface area contributed by atoms with Crippen LogP contribution in [0.1, 0.15) is 58.0 Å². The number of hydrogen-bond acceptors (Lipinski definition) is 9. The maximum absolute atomic E-state index is 11.5. The summed E-state index contributed by atoms with van der Waals surface area (Å²) in [5.41, 5.74) is 3.11. The number of pyridine rings is 2. The summed E-state index contributed by atoms with van der Waals surface area (Å²) < 4.78 is 21.9. The molecule has 1 atom stereocenters. The molecule has 4 aromatic heterocycles. The number of ether oxygens (including phenoxy) is 3. The van der Waals surface area contributed by atoms with E-state index in [-0.39, 0.29) is 29.1 Å². The van der Waals surface area contributed by atoms with Gasteiger partial charge < -0.3 is 24.1 Å². The van der Waals surface area contributed by atoms with Crippen molar-refractivity contribution in [3.05, 3.63) is 42.0 Å². The lowest BCUT2D eigenvalue weighted by molar-refractivity contribution is -0.116. The number of carbonyl (C=O) groups excluding carboxylic acids is 1. The van der Waals surface area contributed by atoms with E-state index in [9.17, 15) is 4.79 Å². The van der Waals surface area contributed by atoms with E-state index in [1.54, 1.807) is 31.6 Å². The minimum Gasteiger partial charge on any atom is -0.491 e. The first kappa shape index (κ1) is 26.2. The highest BCUT2D eigenvalue weighted by Gasteiger charge is 2.55. The van der Waals surface area contributed by atoms with Crippen LogP contribution in [0.5, 0.6) is 17.2 Å². The fourth-order valence-corrected chi connectivity index (χ4v) is 5.49. The number of carbonyl (C=O) groups is 1. The minimum absolute atomic E-state index is 0.0308. The molecule has 1 aliphatic heterocycles. The monoisotopic (exact) mass is 545 g/mol. The van der Waals surface area contributed by atoms with E-state index >= 15 is 0 Å². The van der Waals surface area contributed by atoms with E-state index < -0.39 is 0 Å². The third-order valence-electron chi connectivity index (χ3n) is 7.77. The number of anilines is 2. The molecule has 1 saturated heterocycles. The second kappa shape index (κ2) is 9.58. The molecule has 5 heterocycles. The quantitative estimate of drug-likeness (QED) is 0.330. The van der Waals surface area contributed by atoms with Gasteiger partial charge in [-0.15, -0.1) is 0 Å². The molecule has 1 N–H and O–H groups in total. The highest BCUT2D eigenvalue weighted by Crippen LogP contribution is 2.58. The molecule has 6 rings (SSSR count). The van der Waals surface area contributed by atoms with Crippen molar-refractivity contribution in [1.82, 2.24) is 29.3 Å². The van der Waals surface area contributed by atoms with Gasteiger partial charge in [-0.3, -0.25) is 14.5 Å². The smallest absolute Gasteiger partial charge is 0.211 e. The van der Waals surface area contributed by atoms with Crippen LogP contribution in [0.4, 0.5) is 11.8 Å². The molecule has 1 saturated carbocycles. The number of aryl methyl sites for hydroxylation is 1. The number of nitrogens with zero attached hydrogens (tertiary/aromatic N) is 6. The number of aromatic nitrogens is 6. The molecule has 2 fully saturated rings. The maximum atomic E-state index is 11.5. The third-order valence-corrected chi connectivity index (χ3v) is 7.77. The van der Waals surface area contributed by atoms with Crippen LogP contribution in [0, 0.1) is 5.41 Å². The molecule has 11 nitrogen and oxygen atoms in total. The van der Waals surface area contributed by atoms with E-state index in [1.165, 1.54) is 19.8 Å². The Morgan fingerprint density at radius 2 is 2.05 bits per heavy atom. The van der Waals surface area contributed by atoms with Crippen molar-refractivity contribution in [2.45, 2.75) is 58.4 Å². The molecule has 1 spiro atoms. The molecule has 40 heavy (non-hydrogen) atoms. The number of fused-ring (bicyclic) bond motifs is 1. The predicted molar refractivity (Wildman–Crippen MR) is 149 cm³/mol. The van der Waals surface area contributed by atoms with Crippen LogP contribution >= 0.6 is 0 Å². The molecular weight excluding hydrogens is 510 g/mol. The van der Waals surface area contributed by atoms with Crippen molar-refractivity contribution >= 4 is 28.7 Å². The van der Waals surface area contributed by atoms with Crippen molar-refractivity contribution < 1.29 is 19.0 Å². The second-order valence-corrected chi connectivity index (χ2v) is 11.9. The van der Waals surface area contributed by atoms with Gasteiger partial charge in [-0.1, -0.05) is 20.8 Å². The van der Waals surface area contributed by atoms with E-state index in [0.29, 0.717) is 46.7 Å². The number of Topliss-reactive ketones (excluding diaryl/α,β-unsaturated/α-hetero) is 1. The van der Waals surface area contributed by atoms with Crippen LogP contribution in [0.3, 0.4) is 0 Å². The van der Waals surface area contributed by atoms with Crippen LogP contribution < -0.4 is 14.8 Å². The number of imidazole rings is 1. The summed E-state index contributed by atoms with van der Waals surface area (Å²) in [7, 11) is 3.48. The van der Waals surface area contributed by atoms with Gasteiger partial charge in [0, 0.05) is 48.3 Å². The molecule has 210 valence electrons. The van der Waals surface area contributed by atoms with Crippen molar-refractivity contribution in [3.63, 3.8) is 0 Å². The maximum Gasteiger partial charge on any atom is 0.211 e. The zero-order chi connectivity index (χ0) is 28.2. The summed E-state index contributed by atoms with van der Waals surface area (Å²) >= 11 is 0. The first-order valence-electron chi connectivity index (χ1n) is 13.5. The summed E-state index contributed by atoms with van der Waals surface area (Å²) in [6, 6.07) is 5.82. The van der Waals surface area contributed by atoms with Gasteiger partial charge in [-0.05, 0) is 25.8 Å². The number of ketones is 1. The predicted octanol–water partition coefficient (Wildman–Crippen LogP) is 4.88. The Labute approximate surface area is 232 Å². The van der Waals surface area contributed by atoms with Crippen LogP contribution in [0.25, 0.3) is 11.2 Å². The fourth-order valence-electron chi connectivity index (χ4n) is 5.49. The van der Waals surface area contributed by atoms with Gasteiger partial charge in [0.2, 0.25) is 5.95 Å². The average molecular weight is 546 g/mol. The molecule has 0 bridgehead atoms. The summed E-state index contributed by atoms with van der Waals surface area (Å²) in [5.74, 6) is 2.80. The Bertz CT molecular complexity index is 1600. The molecule has 11 heteroatoms. The third kappa shape index (κ3) is 4.68. The SMILES string of the molecule is COc1c(Oc2ccnc(CC(C)=O)c2)cnc2nc(Nc3cc(C(C)(C)C)n(C4COCC45CC5)n3)n(C)c12. The van der Waals surface area contributed by atoms with Gasteiger partial charge in [0.1, 0.15) is 17.0 Å². The Morgan fingerprint density at radius 3 is 2.75 bits per heavy atom. The molecule has 4 aromatic rings. The van der Waals surface area contributed by atoms with Crippen molar-refractivity contribution in [1.29, 1.82) is 0 Å². The molecular formula is C29H35N7O4. The number of rotatable bonds is 8. The van der Waals surface area contributed by atoms with E-state index in [0.717, 1.165) is 18.1 Å². The van der Waals surface area contributed by atoms with Crippen LogP contribution in [-0.4, -0.2) is 55.4 Å². The number of nitrogens with one attached hydrogen (secondary N) is 1. The fraction of sp³-hybridized carbons (Fsp3) is 0.483.